The fourth-order valence-corrected chi connectivity index (χ4v) is 2.81. The predicted octanol–water partition coefficient (Wildman–Crippen LogP) is 2.62. The lowest BCUT2D eigenvalue weighted by atomic mass is 10.2. The fourth-order valence-electron chi connectivity index (χ4n) is 1.11. The van der Waals surface area contributed by atoms with Gasteiger partial charge < -0.3 is 4.55 Å². The van der Waals surface area contributed by atoms with Gasteiger partial charge in [-0.05, 0) is 18.2 Å². The van der Waals surface area contributed by atoms with Gasteiger partial charge in [-0.25, -0.2) is 8.60 Å². The molecule has 0 spiro atoms. The molecule has 1 atom stereocenters. The number of rotatable bonds is 1. The SMILES string of the molecule is O=S(O)c1csc2ccc(F)cc12. The summed E-state index contributed by atoms with van der Waals surface area (Å²) in [7, 11) is 0. The van der Waals surface area contributed by atoms with Crippen molar-refractivity contribution >= 4 is 32.5 Å². The molecule has 0 aliphatic rings. The summed E-state index contributed by atoms with van der Waals surface area (Å²) < 4.78 is 33.2. The maximum Gasteiger partial charge on any atom is 0.188 e. The molecule has 2 aromatic rings. The van der Waals surface area contributed by atoms with Crippen LogP contribution in [0.1, 0.15) is 0 Å². The lowest BCUT2D eigenvalue weighted by molar-refractivity contribution is 0.565. The zero-order valence-electron chi connectivity index (χ0n) is 6.36. The number of thiophene rings is 1. The summed E-state index contributed by atoms with van der Waals surface area (Å²) in [5.74, 6) is -0.391. The second-order valence-electron chi connectivity index (χ2n) is 2.49. The summed E-state index contributed by atoms with van der Waals surface area (Å²) in [4.78, 5) is 0.277. The predicted molar refractivity (Wildman–Crippen MR) is 50.8 cm³/mol. The largest absolute Gasteiger partial charge is 0.302 e. The highest BCUT2D eigenvalue weighted by molar-refractivity contribution is 7.79. The first-order valence-electron chi connectivity index (χ1n) is 3.46. The average Bonchev–Trinajstić information content (AvgIpc) is 2.46. The lowest BCUT2D eigenvalue weighted by Crippen LogP contribution is -1.85. The van der Waals surface area contributed by atoms with Crippen molar-refractivity contribution in [2.45, 2.75) is 4.90 Å². The van der Waals surface area contributed by atoms with E-state index < -0.39 is 16.9 Å². The Hall–Kier alpha value is -0.780. The minimum atomic E-state index is -2.04. The molecule has 0 fully saturated rings. The van der Waals surface area contributed by atoms with E-state index in [9.17, 15) is 8.60 Å². The third-order valence-corrected chi connectivity index (χ3v) is 3.51. The second-order valence-corrected chi connectivity index (χ2v) is 4.34. The van der Waals surface area contributed by atoms with Gasteiger partial charge in [0.1, 0.15) is 5.82 Å². The summed E-state index contributed by atoms with van der Waals surface area (Å²) in [5, 5.41) is 2.09. The molecule has 0 radical (unpaired) electrons. The van der Waals surface area contributed by atoms with E-state index in [2.05, 4.69) is 0 Å². The zero-order chi connectivity index (χ0) is 9.42. The van der Waals surface area contributed by atoms with Gasteiger partial charge in [0.25, 0.3) is 0 Å². The van der Waals surface area contributed by atoms with Crippen molar-refractivity contribution in [2.75, 3.05) is 0 Å². The summed E-state index contributed by atoms with van der Waals surface area (Å²) in [5.41, 5.74) is 0. The van der Waals surface area contributed by atoms with Gasteiger partial charge in [-0.3, -0.25) is 0 Å². The van der Waals surface area contributed by atoms with Crippen LogP contribution >= 0.6 is 11.3 Å². The molecule has 1 aromatic heterocycles. The first-order chi connectivity index (χ1) is 6.18. The topological polar surface area (TPSA) is 37.3 Å². The van der Waals surface area contributed by atoms with E-state index in [4.69, 9.17) is 4.55 Å². The standard InChI is InChI=1S/C8H5FO2S2/c9-5-1-2-7-6(3-5)8(4-12-7)13(10)11/h1-4H,(H,10,11). The zero-order valence-corrected chi connectivity index (χ0v) is 7.99. The monoisotopic (exact) mass is 216 g/mol. The Morgan fingerprint density at radius 1 is 1.46 bits per heavy atom. The van der Waals surface area contributed by atoms with E-state index in [-0.39, 0.29) is 4.90 Å². The first-order valence-corrected chi connectivity index (χ1v) is 5.45. The molecule has 2 rings (SSSR count). The normalized spacial score (nSPS) is 13.4. The van der Waals surface area contributed by atoms with Gasteiger partial charge in [-0.1, -0.05) is 0 Å². The summed E-state index contributed by atoms with van der Waals surface area (Å²) in [6.07, 6.45) is 0. The van der Waals surface area contributed by atoms with Crippen LogP contribution in [-0.2, 0) is 11.1 Å². The average molecular weight is 216 g/mol. The molecular weight excluding hydrogens is 211 g/mol. The van der Waals surface area contributed by atoms with Crippen molar-refractivity contribution in [1.29, 1.82) is 0 Å². The molecule has 0 bridgehead atoms. The number of halogens is 1. The van der Waals surface area contributed by atoms with Gasteiger partial charge in [-0.2, -0.15) is 0 Å². The van der Waals surface area contributed by atoms with E-state index in [0.29, 0.717) is 5.39 Å². The van der Waals surface area contributed by atoms with Gasteiger partial charge >= 0.3 is 0 Å². The summed E-state index contributed by atoms with van der Waals surface area (Å²) >= 11 is -0.706. The summed E-state index contributed by atoms with van der Waals surface area (Å²) in [6, 6.07) is 4.21. The van der Waals surface area contributed by atoms with Gasteiger partial charge in [0.2, 0.25) is 0 Å². The maximum absolute atomic E-state index is 12.8. The molecule has 0 aliphatic heterocycles. The van der Waals surface area contributed by atoms with Gasteiger partial charge in [-0.15, -0.1) is 11.3 Å². The number of fused-ring (bicyclic) bond motifs is 1. The third-order valence-electron chi connectivity index (χ3n) is 1.69. The maximum atomic E-state index is 12.8. The molecule has 68 valence electrons. The Bertz CT molecular complexity index is 478. The summed E-state index contributed by atoms with van der Waals surface area (Å²) in [6.45, 7) is 0. The van der Waals surface area contributed by atoms with Crippen LogP contribution in [0.2, 0.25) is 0 Å². The molecule has 2 nitrogen and oxygen atoms in total. The molecule has 0 saturated heterocycles. The lowest BCUT2D eigenvalue weighted by Gasteiger charge is -1.92. The van der Waals surface area contributed by atoms with Crippen LogP contribution in [-0.4, -0.2) is 8.76 Å². The molecule has 0 saturated carbocycles. The van der Waals surface area contributed by atoms with Crippen LogP contribution in [0.3, 0.4) is 0 Å². The fraction of sp³-hybridized carbons (Fsp3) is 0. The smallest absolute Gasteiger partial charge is 0.188 e. The Balaban J connectivity index is 2.79. The molecular formula is C8H5FO2S2. The highest BCUT2D eigenvalue weighted by Crippen LogP contribution is 2.28. The van der Waals surface area contributed by atoms with Crippen LogP contribution in [0.25, 0.3) is 10.1 Å². The van der Waals surface area contributed by atoms with Crippen molar-refractivity contribution in [3.63, 3.8) is 0 Å². The number of benzene rings is 1. The van der Waals surface area contributed by atoms with E-state index in [1.807, 2.05) is 0 Å². The number of hydrogen-bond donors (Lipinski definition) is 1. The molecule has 1 aromatic carbocycles. The molecule has 5 heteroatoms. The van der Waals surface area contributed by atoms with E-state index >= 15 is 0 Å². The highest BCUT2D eigenvalue weighted by Gasteiger charge is 2.08. The van der Waals surface area contributed by atoms with E-state index in [1.165, 1.54) is 23.5 Å². The molecule has 0 aliphatic carbocycles. The molecule has 13 heavy (non-hydrogen) atoms. The van der Waals surface area contributed by atoms with Crippen LogP contribution in [0.15, 0.2) is 28.5 Å². The van der Waals surface area contributed by atoms with Crippen LogP contribution < -0.4 is 0 Å². The molecule has 0 amide bonds. The second kappa shape index (κ2) is 3.17. The Morgan fingerprint density at radius 3 is 2.92 bits per heavy atom. The van der Waals surface area contributed by atoms with Crippen molar-refractivity contribution in [3.8, 4) is 0 Å². The van der Waals surface area contributed by atoms with Gasteiger partial charge in [0, 0.05) is 15.5 Å². The Labute approximate surface area is 80.3 Å². The Kier molecular flexibility index (Phi) is 2.15. The van der Waals surface area contributed by atoms with E-state index in [1.54, 1.807) is 11.4 Å². The van der Waals surface area contributed by atoms with Crippen molar-refractivity contribution in [1.82, 2.24) is 0 Å². The Morgan fingerprint density at radius 2 is 2.23 bits per heavy atom. The van der Waals surface area contributed by atoms with Crippen LogP contribution in [0.5, 0.6) is 0 Å². The third kappa shape index (κ3) is 1.50. The van der Waals surface area contributed by atoms with Crippen molar-refractivity contribution < 1.29 is 13.2 Å². The molecule has 1 unspecified atom stereocenters. The highest BCUT2D eigenvalue weighted by atomic mass is 32.2. The van der Waals surface area contributed by atoms with E-state index in [0.717, 1.165) is 4.70 Å². The minimum absolute atomic E-state index is 0.277. The number of hydrogen-bond acceptors (Lipinski definition) is 2. The van der Waals surface area contributed by atoms with Crippen LogP contribution in [0.4, 0.5) is 4.39 Å². The van der Waals surface area contributed by atoms with Crippen molar-refractivity contribution in [3.05, 3.63) is 29.4 Å². The van der Waals surface area contributed by atoms with Gasteiger partial charge in [0.15, 0.2) is 11.1 Å². The minimum Gasteiger partial charge on any atom is -0.302 e. The van der Waals surface area contributed by atoms with Crippen LogP contribution in [0, 0.1) is 5.82 Å². The first kappa shape index (κ1) is 8.80. The van der Waals surface area contributed by atoms with Gasteiger partial charge in [0.05, 0.1) is 4.90 Å². The molecule has 1 N–H and O–H groups in total. The quantitative estimate of drug-likeness (QED) is 0.744. The molecule has 1 heterocycles. The van der Waals surface area contributed by atoms with Crippen molar-refractivity contribution in [2.24, 2.45) is 0 Å².